The van der Waals surface area contributed by atoms with Gasteiger partial charge in [0.2, 0.25) is 0 Å². The van der Waals surface area contributed by atoms with Gasteiger partial charge in [0.1, 0.15) is 0 Å². The van der Waals surface area contributed by atoms with Crippen LogP contribution < -0.4 is 0 Å². The van der Waals surface area contributed by atoms with Crippen LogP contribution in [0.5, 0.6) is 0 Å². The number of hydrogen-bond donors (Lipinski definition) is 3. The quantitative estimate of drug-likeness (QED) is 0.433. The van der Waals surface area contributed by atoms with Gasteiger partial charge in [-0.15, -0.1) is 0 Å². The van der Waals surface area contributed by atoms with Crippen molar-refractivity contribution in [2.45, 2.75) is 37.4 Å². The largest absolute Gasteiger partial charge is 0.289 e. The highest BCUT2D eigenvalue weighted by molar-refractivity contribution is 5.84. The fraction of sp³-hybridized carbons (Fsp3) is 0.833. The molecular weight excluding hydrogens is 396 g/mol. The number of hydroxylamine groups is 6. The van der Waals surface area contributed by atoms with E-state index >= 15 is 0 Å². The molecule has 30 heavy (non-hydrogen) atoms. The molecule has 3 N–H and O–H groups in total. The first kappa shape index (κ1) is 21.4. The molecule has 0 bridgehead atoms. The molecule has 4 aliphatic heterocycles. The number of hydrogen-bond acceptors (Lipinski definition) is 9. The molecule has 3 atom stereocenters. The molecule has 4 fully saturated rings. The summed E-state index contributed by atoms with van der Waals surface area (Å²) in [5, 5.41) is 31.5. The van der Waals surface area contributed by atoms with Gasteiger partial charge in [0.05, 0.1) is 37.8 Å². The number of nitrogens with zero attached hydrogens (tertiary/aromatic N) is 6. The Balaban J connectivity index is 1.53. The zero-order valence-electron chi connectivity index (χ0n) is 17.0. The molecule has 0 aromatic rings. The van der Waals surface area contributed by atoms with Gasteiger partial charge in [-0.1, -0.05) is 0 Å². The summed E-state index contributed by atoms with van der Waals surface area (Å²) in [6.45, 7) is 4.10. The third kappa shape index (κ3) is 4.03. The Labute approximate surface area is 174 Å². The minimum Gasteiger partial charge on any atom is -0.289 e. The topological polar surface area (TPSA) is 131 Å². The maximum absolute atomic E-state index is 12.4. The average Bonchev–Trinajstić information content (AvgIpc) is 3.37. The van der Waals surface area contributed by atoms with Crippen LogP contribution in [0.2, 0.25) is 0 Å². The van der Waals surface area contributed by atoms with E-state index < -0.39 is 18.1 Å². The van der Waals surface area contributed by atoms with Crippen LogP contribution in [0, 0.1) is 0 Å². The lowest BCUT2D eigenvalue weighted by atomic mass is 10.2. The lowest BCUT2D eigenvalue weighted by Crippen LogP contribution is -2.48. The Kier molecular flexibility index (Phi) is 6.23. The van der Waals surface area contributed by atoms with Crippen molar-refractivity contribution >= 4 is 17.7 Å². The number of rotatable bonds is 3. The number of carbonyl (C=O) groups excluding carboxylic acids is 3. The zero-order chi connectivity index (χ0) is 21.4. The Bertz CT molecular complexity index is 592. The van der Waals surface area contributed by atoms with E-state index in [1.165, 1.54) is 0 Å². The lowest BCUT2D eigenvalue weighted by Gasteiger charge is -2.31. The van der Waals surface area contributed by atoms with E-state index in [-0.39, 0.29) is 37.4 Å². The van der Waals surface area contributed by atoms with Crippen LogP contribution in [0.15, 0.2) is 0 Å². The molecule has 0 aromatic carbocycles. The van der Waals surface area contributed by atoms with Gasteiger partial charge in [-0.2, -0.15) is 0 Å². The van der Waals surface area contributed by atoms with Gasteiger partial charge in [0.15, 0.2) is 0 Å². The Morgan fingerprint density at radius 2 is 0.700 bits per heavy atom. The minimum atomic E-state index is -0.431. The van der Waals surface area contributed by atoms with Crippen molar-refractivity contribution in [2.24, 2.45) is 0 Å². The molecule has 0 aliphatic carbocycles. The third-order valence-electron chi connectivity index (χ3n) is 6.81. The van der Waals surface area contributed by atoms with E-state index in [9.17, 15) is 30.0 Å². The van der Waals surface area contributed by atoms with E-state index in [0.717, 1.165) is 15.2 Å². The van der Waals surface area contributed by atoms with E-state index in [0.29, 0.717) is 58.5 Å². The molecule has 12 heteroatoms. The summed E-state index contributed by atoms with van der Waals surface area (Å²) < 4.78 is 0. The second-order valence-electron chi connectivity index (χ2n) is 8.41. The average molecular weight is 426 g/mol. The van der Waals surface area contributed by atoms with Crippen LogP contribution >= 0.6 is 0 Å². The van der Waals surface area contributed by atoms with Crippen molar-refractivity contribution in [1.82, 2.24) is 29.9 Å². The summed E-state index contributed by atoms with van der Waals surface area (Å²) in [4.78, 5) is 43.2. The Morgan fingerprint density at radius 1 is 0.467 bits per heavy atom. The van der Waals surface area contributed by atoms with Crippen LogP contribution in [0.4, 0.5) is 0 Å². The zero-order valence-corrected chi connectivity index (χ0v) is 17.0. The van der Waals surface area contributed by atoms with Gasteiger partial charge >= 0.3 is 0 Å². The Morgan fingerprint density at radius 3 is 0.867 bits per heavy atom. The molecule has 12 nitrogen and oxygen atoms in total. The van der Waals surface area contributed by atoms with Gasteiger partial charge in [-0.25, -0.2) is 15.2 Å². The highest BCUT2D eigenvalue weighted by atomic mass is 16.5. The van der Waals surface area contributed by atoms with Crippen molar-refractivity contribution in [2.75, 3.05) is 58.9 Å². The van der Waals surface area contributed by atoms with Crippen molar-refractivity contribution in [3.63, 3.8) is 0 Å². The van der Waals surface area contributed by atoms with Gasteiger partial charge in [0.25, 0.3) is 17.7 Å². The molecule has 4 saturated heterocycles. The van der Waals surface area contributed by atoms with E-state index in [1.807, 2.05) is 14.7 Å². The summed E-state index contributed by atoms with van der Waals surface area (Å²) in [6, 6.07) is -1.29. The second kappa shape index (κ2) is 8.73. The first-order valence-electron chi connectivity index (χ1n) is 10.6. The molecular formula is C18H30N6O6. The van der Waals surface area contributed by atoms with Crippen molar-refractivity contribution in [3.05, 3.63) is 0 Å². The lowest BCUT2D eigenvalue weighted by molar-refractivity contribution is -0.161. The van der Waals surface area contributed by atoms with Crippen LogP contribution in [0.1, 0.15) is 19.3 Å². The van der Waals surface area contributed by atoms with Crippen LogP contribution in [0.25, 0.3) is 0 Å². The maximum Gasteiger partial charge on any atom is 0.263 e. The van der Waals surface area contributed by atoms with E-state index in [2.05, 4.69) is 0 Å². The van der Waals surface area contributed by atoms with Crippen molar-refractivity contribution in [1.29, 1.82) is 0 Å². The summed E-state index contributed by atoms with van der Waals surface area (Å²) >= 11 is 0. The van der Waals surface area contributed by atoms with E-state index in [1.54, 1.807) is 0 Å². The molecule has 4 heterocycles. The molecule has 0 saturated carbocycles. The fourth-order valence-electron chi connectivity index (χ4n) is 5.01. The molecule has 3 unspecified atom stereocenters. The minimum absolute atomic E-state index is 0.286. The summed E-state index contributed by atoms with van der Waals surface area (Å²) in [5.41, 5.74) is 0. The molecule has 0 radical (unpaired) electrons. The summed E-state index contributed by atoms with van der Waals surface area (Å²) in [7, 11) is 0. The van der Waals surface area contributed by atoms with Crippen molar-refractivity contribution < 1.29 is 30.0 Å². The third-order valence-corrected chi connectivity index (χ3v) is 6.81. The fourth-order valence-corrected chi connectivity index (χ4v) is 5.01. The molecule has 4 rings (SSSR count). The SMILES string of the molecule is O=C1C(N2CCN(C3CCN(O)C3=O)CCN(C3CCN(O)C3=O)CC2)CCN1O. The number of carbonyl (C=O) groups is 3. The number of amides is 3. The molecule has 168 valence electrons. The first-order valence-corrected chi connectivity index (χ1v) is 10.6. The van der Waals surface area contributed by atoms with E-state index in [4.69, 9.17) is 0 Å². The monoisotopic (exact) mass is 426 g/mol. The molecule has 0 spiro atoms. The van der Waals surface area contributed by atoms with Crippen LogP contribution in [-0.4, -0.2) is 140 Å². The predicted molar refractivity (Wildman–Crippen MR) is 100 cm³/mol. The first-order chi connectivity index (χ1) is 14.4. The molecule has 4 aliphatic rings. The maximum atomic E-state index is 12.4. The van der Waals surface area contributed by atoms with Gasteiger partial charge in [-0.3, -0.25) is 44.7 Å². The van der Waals surface area contributed by atoms with Gasteiger partial charge < -0.3 is 0 Å². The standard InChI is InChI=1S/C18H30N6O6/c25-16-13(1-4-22(16)28)19-7-9-20(14-2-5-23(29)17(14)26)11-12-21(10-8-19)15-3-6-24(30)18(15)27/h13-15,28-30H,1-12H2. The second-order valence-corrected chi connectivity index (χ2v) is 8.41. The molecule has 3 amide bonds. The Hall–Kier alpha value is -1.83. The highest BCUT2D eigenvalue weighted by Crippen LogP contribution is 2.22. The van der Waals surface area contributed by atoms with Gasteiger partial charge in [-0.05, 0) is 19.3 Å². The van der Waals surface area contributed by atoms with Gasteiger partial charge in [0, 0.05) is 39.3 Å². The molecule has 0 aromatic heterocycles. The summed E-state index contributed by atoms with van der Waals surface area (Å²) in [6.07, 6.45) is 1.57. The summed E-state index contributed by atoms with van der Waals surface area (Å²) in [5.74, 6) is -0.988. The van der Waals surface area contributed by atoms with Crippen LogP contribution in [0.3, 0.4) is 0 Å². The van der Waals surface area contributed by atoms with Crippen LogP contribution in [-0.2, 0) is 14.4 Å². The van der Waals surface area contributed by atoms with Crippen molar-refractivity contribution in [3.8, 4) is 0 Å². The normalized spacial score (nSPS) is 33.5. The smallest absolute Gasteiger partial charge is 0.263 e. The predicted octanol–water partition coefficient (Wildman–Crippen LogP) is -2.12. The highest BCUT2D eigenvalue weighted by Gasteiger charge is 2.41.